The number of ether oxygens (including phenoxy) is 2. The summed E-state index contributed by atoms with van der Waals surface area (Å²) < 4.78 is 16.7. The Labute approximate surface area is 173 Å². The SMILES string of the molecule is O=C(C=Cc1ccc(-c2ccccc2)o1)NC(=S)Nc1ccc2c(c1)OCCO2. The van der Waals surface area contributed by atoms with E-state index in [1.807, 2.05) is 36.4 Å². The molecule has 0 fully saturated rings. The van der Waals surface area contributed by atoms with Crippen molar-refractivity contribution in [2.45, 2.75) is 0 Å². The first-order valence-corrected chi connectivity index (χ1v) is 9.43. The van der Waals surface area contributed by atoms with Crippen LogP contribution in [0.25, 0.3) is 17.4 Å². The molecule has 1 aliphatic heterocycles. The molecular formula is C22H18N2O4S. The Bertz CT molecular complexity index is 1060. The summed E-state index contributed by atoms with van der Waals surface area (Å²) in [5.41, 5.74) is 1.67. The van der Waals surface area contributed by atoms with Crippen LogP contribution in [0.15, 0.2) is 71.2 Å². The molecule has 1 amide bonds. The van der Waals surface area contributed by atoms with E-state index in [9.17, 15) is 4.79 Å². The molecule has 6 nitrogen and oxygen atoms in total. The lowest BCUT2D eigenvalue weighted by Gasteiger charge is -2.19. The number of hydrogen-bond donors (Lipinski definition) is 2. The molecule has 1 aliphatic rings. The zero-order chi connectivity index (χ0) is 20.1. The molecule has 0 spiro atoms. The Morgan fingerprint density at radius 1 is 0.966 bits per heavy atom. The van der Waals surface area contributed by atoms with Gasteiger partial charge in [-0.3, -0.25) is 10.1 Å². The number of carbonyl (C=O) groups excluding carboxylic acids is 1. The maximum Gasteiger partial charge on any atom is 0.250 e. The van der Waals surface area contributed by atoms with Crippen LogP contribution in [-0.2, 0) is 4.79 Å². The zero-order valence-corrected chi connectivity index (χ0v) is 16.2. The van der Waals surface area contributed by atoms with E-state index >= 15 is 0 Å². The second kappa shape index (κ2) is 8.62. The van der Waals surface area contributed by atoms with E-state index < -0.39 is 0 Å². The number of fused-ring (bicyclic) bond motifs is 1. The Kier molecular flexibility index (Phi) is 5.58. The Balaban J connectivity index is 1.32. The summed E-state index contributed by atoms with van der Waals surface area (Å²) in [5, 5.41) is 5.73. The van der Waals surface area contributed by atoms with Crippen molar-refractivity contribution in [2.75, 3.05) is 18.5 Å². The molecule has 0 bridgehead atoms. The molecule has 3 aromatic rings. The van der Waals surface area contributed by atoms with Crippen LogP contribution >= 0.6 is 12.2 Å². The topological polar surface area (TPSA) is 72.7 Å². The predicted molar refractivity (Wildman–Crippen MR) is 115 cm³/mol. The first-order valence-electron chi connectivity index (χ1n) is 9.02. The highest BCUT2D eigenvalue weighted by Crippen LogP contribution is 2.32. The van der Waals surface area contributed by atoms with Gasteiger partial charge in [0.15, 0.2) is 16.6 Å². The summed E-state index contributed by atoms with van der Waals surface area (Å²) in [6.45, 7) is 1.03. The zero-order valence-electron chi connectivity index (χ0n) is 15.4. The van der Waals surface area contributed by atoms with Crippen LogP contribution in [0.2, 0.25) is 0 Å². The molecule has 2 heterocycles. The number of thiocarbonyl (C=S) groups is 1. The molecule has 0 unspecified atom stereocenters. The van der Waals surface area contributed by atoms with Crippen molar-refractivity contribution in [2.24, 2.45) is 0 Å². The van der Waals surface area contributed by atoms with Gasteiger partial charge in [-0.2, -0.15) is 0 Å². The smallest absolute Gasteiger partial charge is 0.250 e. The molecule has 0 saturated heterocycles. The minimum absolute atomic E-state index is 0.181. The monoisotopic (exact) mass is 406 g/mol. The molecule has 146 valence electrons. The number of amides is 1. The summed E-state index contributed by atoms with van der Waals surface area (Å²) in [5.74, 6) is 2.28. The Morgan fingerprint density at radius 2 is 1.76 bits per heavy atom. The summed E-state index contributed by atoms with van der Waals surface area (Å²) in [6.07, 6.45) is 2.96. The second-order valence-corrected chi connectivity index (χ2v) is 6.61. The number of furan rings is 1. The molecular weight excluding hydrogens is 388 g/mol. The standard InChI is InChI=1S/C22H18N2O4S/c25-21(11-8-17-7-10-18(28-17)15-4-2-1-3-5-15)24-22(29)23-16-6-9-19-20(14-16)27-13-12-26-19/h1-11,14H,12-13H2,(H2,23,24,25,29). The summed E-state index contributed by atoms with van der Waals surface area (Å²) >= 11 is 5.19. The fourth-order valence-electron chi connectivity index (χ4n) is 2.79. The fraction of sp³-hybridized carbons (Fsp3) is 0.0909. The normalized spacial score (nSPS) is 12.6. The number of carbonyl (C=O) groups is 1. The predicted octanol–water partition coefficient (Wildman–Crippen LogP) is 4.24. The maximum atomic E-state index is 12.1. The maximum absolute atomic E-state index is 12.1. The summed E-state index contributed by atoms with van der Waals surface area (Å²) in [6, 6.07) is 18.8. The largest absolute Gasteiger partial charge is 0.486 e. The van der Waals surface area contributed by atoms with Crippen LogP contribution in [0, 0.1) is 0 Å². The van der Waals surface area contributed by atoms with E-state index in [-0.39, 0.29) is 11.0 Å². The lowest BCUT2D eigenvalue weighted by molar-refractivity contribution is -0.115. The molecule has 4 rings (SSSR count). The third-order valence-electron chi connectivity index (χ3n) is 4.12. The van der Waals surface area contributed by atoms with Gasteiger partial charge in [-0.15, -0.1) is 0 Å². The van der Waals surface area contributed by atoms with E-state index in [1.165, 1.54) is 6.08 Å². The van der Waals surface area contributed by atoms with Crippen molar-refractivity contribution in [3.8, 4) is 22.8 Å². The second-order valence-electron chi connectivity index (χ2n) is 6.20. The van der Waals surface area contributed by atoms with E-state index in [0.717, 1.165) is 11.3 Å². The Hall–Kier alpha value is -3.58. The molecule has 2 N–H and O–H groups in total. The minimum atomic E-state index is -0.363. The highest BCUT2D eigenvalue weighted by molar-refractivity contribution is 7.80. The van der Waals surface area contributed by atoms with Gasteiger partial charge in [0.1, 0.15) is 24.7 Å². The van der Waals surface area contributed by atoms with Gasteiger partial charge in [-0.05, 0) is 42.6 Å². The first kappa shape index (κ1) is 18.8. The third kappa shape index (κ3) is 4.83. The van der Waals surface area contributed by atoms with Gasteiger partial charge >= 0.3 is 0 Å². The molecule has 7 heteroatoms. The highest BCUT2D eigenvalue weighted by atomic mass is 32.1. The van der Waals surface area contributed by atoms with E-state index in [2.05, 4.69) is 10.6 Å². The highest BCUT2D eigenvalue weighted by Gasteiger charge is 2.12. The van der Waals surface area contributed by atoms with Crippen molar-refractivity contribution >= 4 is 35.0 Å². The Morgan fingerprint density at radius 3 is 2.59 bits per heavy atom. The van der Waals surface area contributed by atoms with Crippen molar-refractivity contribution in [3.63, 3.8) is 0 Å². The minimum Gasteiger partial charge on any atom is -0.486 e. The van der Waals surface area contributed by atoms with Gasteiger partial charge in [-0.25, -0.2) is 0 Å². The molecule has 1 aromatic heterocycles. The van der Waals surface area contributed by atoms with E-state index in [0.29, 0.717) is 36.2 Å². The number of anilines is 1. The molecule has 0 atom stereocenters. The molecule has 0 aliphatic carbocycles. The van der Waals surface area contributed by atoms with E-state index in [1.54, 1.807) is 30.3 Å². The van der Waals surface area contributed by atoms with Gasteiger partial charge in [0.2, 0.25) is 5.91 Å². The number of hydrogen-bond acceptors (Lipinski definition) is 5. The van der Waals surface area contributed by atoms with E-state index in [4.69, 9.17) is 26.1 Å². The average molecular weight is 406 g/mol. The van der Waals surface area contributed by atoms with Crippen LogP contribution in [0.3, 0.4) is 0 Å². The van der Waals surface area contributed by atoms with Crippen LogP contribution in [0.4, 0.5) is 5.69 Å². The number of nitrogens with one attached hydrogen (secondary N) is 2. The third-order valence-corrected chi connectivity index (χ3v) is 4.32. The van der Waals surface area contributed by atoms with Crippen LogP contribution < -0.4 is 20.1 Å². The van der Waals surface area contributed by atoms with Crippen molar-refractivity contribution < 1.29 is 18.7 Å². The number of rotatable bonds is 4. The molecule has 0 saturated carbocycles. The summed E-state index contributed by atoms with van der Waals surface area (Å²) in [7, 11) is 0. The number of benzene rings is 2. The van der Waals surface area contributed by atoms with Crippen LogP contribution in [0.1, 0.15) is 5.76 Å². The molecule has 2 aromatic carbocycles. The lowest BCUT2D eigenvalue weighted by atomic mass is 10.2. The fourth-order valence-corrected chi connectivity index (χ4v) is 3.01. The van der Waals surface area contributed by atoms with Gasteiger partial charge in [0.05, 0.1) is 0 Å². The van der Waals surface area contributed by atoms with Crippen molar-refractivity contribution in [1.29, 1.82) is 0 Å². The quantitative estimate of drug-likeness (QED) is 0.499. The molecule has 29 heavy (non-hydrogen) atoms. The van der Waals surface area contributed by atoms with Gasteiger partial charge in [0, 0.05) is 23.4 Å². The van der Waals surface area contributed by atoms with Gasteiger partial charge < -0.3 is 19.2 Å². The summed E-state index contributed by atoms with van der Waals surface area (Å²) in [4.78, 5) is 12.1. The van der Waals surface area contributed by atoms with Crippen LogP contribution in [0.5, 0.6) is 11.5 Å². The van der Waals surface area contributed by atoms with Gasteiger partial charge in [-0.1, -0.05) is 30.3 Å². The van der Waals surface area contributed by atoms with Gasteiger partial charge in [0.25, 0.3) is 0 Å². The lowest BCUT2D eigenvalue weighted by Crippen LogP contribution is -2.32. The average Bonchev–Trinajstić information content (AvgIpc) is 3.22. The molecule has 0 radical (unpaired) electrons. The van der Waals surface area contributed by atoms with Crippen LogP contribution in [-0.4, -0.2) is 24.2 Å². The first-order chi connectivity index (χ1) is 14.2. The van der Waals surface area contributed by atoms with Crippen molar-refractivity contribution in [1.82, 2.24) is 5.32 Å². The van der Waals surface area contributed by atoms with Crippen molar-refractivity contribution in [3.05, 3.63) is 72.5 Å².